The van der Waals surface area contributed by atoms with E-state index in [9.17, 15) is 13.2 Å². The molecular formula is C17H11NO4S. The first-order valence-corrected chi connectivity index (χ1v) is 8.30. The zero-order chi connectivity index (χ0) is 16.0. The number of benzene rings is 2. The monoisotopic (exact) mass is 325 g/mol. The molecule has 0 saturated heterocycles. The third-order valence-corrected chi connectivity index (χ3v) is 4.89. The SMILES string of the molecule is O=c1cc(-c2ccccc2)cc2n1S(=O)(=O)Oc1ccccc1-2. The molecule has 114 valence electrons. The summed E-state index contributed by atoms with van der Waals surface area (Å²) in [6.07, 6.45) is 0. The van der Waals surface area contributed by atoms with Crippen LogP contribution in [0.3, 0.4) is 0 Å². The molecule has 0 amide bonds. The molecule has 0 atom stereocenters. The smallest absolute Gasteiger partial charge is 0.366 e. The van der Waals surface area contributed by atoms with Gasteiger partial charge in [0.25, 0.3) is 5.56 Å². The van der Waals surface area contributed by atoms with Gasteiger partial charge in [0, 0.05) is 11.6 Å². The average molecular weight is 325 g/mol. The second-order valence-electron chi connectivity index (χ2n) is 5.14. The fourth-order valence-electron chi connectivity index (χ4n) is 2.67. The van der Waals surface area contributed by atoms with Crippen molar-refractivity contribution in [3.8, 4) is 28.1 Å². The number of pyridine rings is 1. The fraction of sp³-hybridized carbons (Fsp3) is 0. The molecule has 1 aromatic heterocycles. The number of hydrogen-bond acceptors (Lipinski definition) is 4. The van der Waals surface area contributed by atoms with Crippen LogP contribution in [0.2, 0.25) is 0 Å². The van der Waals surface area contributed by atoms with Crippen molar-refractivity contribution < 1.29 is 12.6 Å². The highest BCUT2D eigenvalue weighted by Crippen LogP contribution is 2.36. The quantitative estimate of drug-likeness (QED) is 0.690. The number of para-hydroxylation sites is 1. The Morgan fingerprint density at radius 1 is 0.826 bits per heavy atom. The molecule has 4 rings (SSSR count). The van der Waals surface area contributed by atoms with Crippen molar-refractivity contribution in [3.05, 3.63) is 77.1 Å². The number of fused-ring (bicyclic) bond motifs is 3. The fourth-order valence-corrected chi connectivity index (χ4v) is 3.79. The van der Waals surface area contributed by atoms with Crippen molar-refractivity contribution in [3.63, 3.8) is 0 Å². The lowest BCUT2D eigenvalue weighted by atomic mass is 10.0. The van der Waals surface area contributed by atoms with Crippen LogP contribution in [0.25, 0.3) is 22.4 Å². The average Bonchev–Trinajstić information content (AvgIpc) is 2.54. The molecule has 0 spiro atoms. The molecule has 5 nitrogen and oxygen atoms in total. The molecule has 3 aromatic rings. The van der Waals surface area contributed by atoms with E-state index in [1.807, 2.05) is 30.3 Å². The Bertz CT molecular complexity index is 1070. The van der Waals surface area contributed by atoms with Crippen LogP contribution in [0, 0.1) is 0 Å². The van der Waals surface area contributed by atoms with E-state index in [-0.39, 0.29) is 5.75 Å². The lowest BCUT2D eigenvalue weighted by molar-refractivity contribution is 0.470. The zero-order valence-electron chi connectivity index (χ0n) is 11.8. The van der Waals surface area contributed by atoms with Crippen LogP contribution in [0.5, 0.6) is 5.75 Å². The van der Waals surface area contributed by atoms with Crippen molar-refractivity contribution in [2.75, 3.05) is 0 Å². The highest BCUT2D eigenvalue weighted by atomic mass is 32.2. The van der Waals surface area contributed by atoms with Gasteiger partial charge < -0.3 is 4.18 Å². The van der Waals surface area contributed by atoms with Gasteiger partial charge in [-0.3, -0.25) is 4.79 Å². The second-order valence-corrected chi connectivity index (χ2v) is 6.52. The summed E-state index contributed by atoms with van der Waals surface area (Å²) in [7, 11) is -4.18. The highest BCUT2D eigenvalue weighted by Gasteiger charge is 2.30. The van der Waals surface area contributed by atoms with Crippen molar-refractivity contribution in [2.45, 2.75) is 0 Å². The molecule has 6 heteroatoms. The van der Waals surface area contributed by atoms with Crippen molar-refractivity contribution in [1.82, 2.24) is 3.97 Å². The van der Waals surface area contributed by atoms with Crippen molar-refractivity contribution in [2.24, 2.45) is 0 Å². The van der Waals surface area contributed by atoms with Crippen molar-refractivity contribution >= 4 is 10.3 Å². The summed E-state index contributed by atoms with van der Waals surface area (Å²) in [5.41, 5.74) is 1.73. The van der Waals surface area contributed by atoms with Gasteiger partial charge in [-0.1, -0.05) is 42.5 Å². The van der Waals surface area contributed by atoms with Gasteiger partial charge in [-0.2, -0.15) is 12.4 Å². The lowest BCUT2D eigenvalue weighted by Crippen LogP contribution is -2.34. The van der Waals surface area contributed by atoms with Gasteiger partial charge in [0.15, 0.2) is 5.75 Å². The largest absolute Gasteiger partial charge is 0.416 e. The minimum Gasteiger partial charge on any atom is -0.366 e. The summed E-state index contributed by atoms with van der Waals surface area (Å²) >= 11 is 0. The first-order valence-electron chi connectivity index (χ1n) is 6.93. The van der Waals surface area contributed by atoms with Gasteiger partial charge in [-0.25, -0.2) is 0 Å². The molecule has 0 radical (unpaired) electrons. The van der Waals surface area contributed by atoms with Gasteiger partial charge in [0.1, 0.15) is 0 Å². The topological polar surface area (TPSA) is 65.4 Å². The summed E-state index contributed by atoms with van der Waals surface area (Å²) in [6.45, 7) is 0. The Labute approximate surface area is 132 Å². The van der Waals surface area contributed by atoms with Crippen LogP contribution in [0.1, 0.15) is 0 Å². The minimum absolute atomic E-state index is 0.220. The van der Waals surface area contributed by atoms with Gasteiger partial charge in [-0.15, -0.1) is 0 Å². The molecule has 0 N–H and O–H groups in total. The lowest BCUT2D eigenvalue weighted by Gasteiger charge is -2.22. The summed E-state index contributed by atoms with van der Waals surface area (Å²) in [6, 6.07) is 19.1. The van der Waals surface area contributed by atoms with Gasteiger partial charge in [-0.05, 0) is 29.3 Å². The Kier molecular flexibility index (Phi) is 2.89. The van der Waals surface area contributed by atoms with E-state index >= 15 is 0 Å². The third-order valence-electron chi connectivity index (χ3n) is 3.68. The van der Waals surface area contributed by atoms with Gasteiger partial charge in [0.05, 0.1) is 5.69 Å². The maximum Gasteiger partial charge on any atom is 0.416 e. The van der Waals surface area contributed by atoms with Gasteiger partial charge >= 0.3 is 10.3 Å². The van der Waals surface area contributed by atoms with Crippen LogP contribution in [0.4, 0.5) is 0 Å². The third kappa shape index (κ3) is 2.15. The molecule has 1 aliphatic heterocycles. The Morgan fingerprint density at radius 2 is 1.52 bits per heavy atom. The highest BCUT2D eigenvalue weighted by molar-refractivity contribution is 7.85. The van der Waals surface area contributed by atoms with E-state index in [1.54, 1.807) is 30.3 Å². The van der Waals surface area contributed by atoms with Crippen LogP contribution in [0.15, 0.2) is 71.5 Å². The van der Waals surface area contributed by atoms with E-state index in [0.29, 0.717) is 20.8 Å². The standard InChI is InChI=1S/C17H11NO4S/c19-17-11-13(12-6-2-1-3-7-12)10-15-14-8-4-5-9-16(14)22-23(20,21)18(15)17/h1-11H. The summed E-state index contributed by atoms with van der Waals surface area (Å²) in [5.74, 6) is 0.220. The van der Waals surface area contributed by atoms with Crippen molar-refractivity contribution in [1.29, 1.82) is 0 Å². The number of hydrogen-bond donors (Lipinski definition) is 0. The molecule has 0 fully saturated rings. The Hall–Kier alpha value is -2.86. The minimum atomic E-state index is -4.18. The molecule has 1 aliphatic rings. The van der Waals surface area contributed by atoms with E-state index in [0.717, 1.165) is 5.56 Å². The van der Waals surface area contributed by atoms with E-state index in [2.05, 4.69) is 0 Å². The van der Waals surface area contributed by atoms with E-state index < -0.39 is 15.9 Å². The summed E-state index contributed by atoms with van der Waals surface area (Å²) in [5, 5.41) is 0. The maximum atomic E-state index is 12.4. The van der Waals surface area contributed by atoms with Crippen LogP contribution in [-0.2, 0) is 10.3 Å². The molecule has 2 aromatic carbocycles. The van der Waals surface area contributed by atoms with Gasteiger partial charge in [0.2, 0.25) is 0 Å². The zero-order valence-corrected chi connectivity index (χ0v) is 12.7. The van der Waals surface area contributed by atoms with E-state index in [1.165, 1.54) is 6.07 Å². The summed E-state index contributed by atoms with van der Waals surface area (Å²) < 4.78 is 30.2. The van der Waals surface area contributed by atoms with Crippen LogP contribution < -0.4 is 9.74 Å². The predicted octanol–water partition coefficient (Wildman–Crippen LogP) is 2.67. The molecule has 0 aliphatic carbocycles. The predicted molar refractivity (Wildman–Crippen MR) is 86.5 cm³/mol. The Balaban J connectivity index is 2.08. The molecule has 0 saturated carbocycles. The summed E-state index contributed by atoms with van der Waals surface area (Å²) in [4.78, 5) is 12.4. The Morgan fingerprint density at radius 3 is 2.30 bits per heavy atom. The van der Waals surface area contributed by atoms with Crippen LogP contribution in [-0.4, -0.2) is 12.4 Å². The number of aromatic nitrogens is 1. The molecular weight excluding hydrogens is 314 g/mol. The molecule has 23 heavy (non-hydrogen) atoms. The molecule has 0 bridgehead atoms. The molecule has 0 unspecified atom stereocenters. The molecule has 2 heterocycles. The first-order chi connectivity index (χ1) is 11.1. The first kappa shape index (κ1) is 13.8. The number of rotatable bonds is 1. The normalized spacial score (nSPS) is 14.4. The van der Waals surface area contributed by atoms with Crippen LogP contribution >= 0.6 is 0 Å². The second kappa shape index (κ2) is 4.82. The number of nitrogens with zero attached hydrogens (tertiary/aromatic N) is 1. The maximum absolute atomic E-state index is 12.4. The van der Waals surface area contributed by atoms with E-state index in [4.69, 9.17) is 4.18 Å².